The van der Waals surface area contributed by atoms with Crippen molar-refractivity contribution in [3.63, 3.8) is 0 Å². The number of aromatic nitrogens is 4. The molecule has 0 N–H and O–H groups in total. The second-order valence-electron chi connectivity index (χ2n) is 6.31. The molecule has 2 aromatic heterocycles. The average molecular weight is 355 g/mol. The van der Waals surface area contributed by atoms with E-state index in [1.54, 1.807) is 7.11 Å². The van der Waals surface area contributed by atoms with Gasteiger partial charge in [-0.15, -0.1) is 10.2 Å². The molecule has 1 aliphatic heterocycles. The molecule has 1 amide bonds. The maximum atomic E-state index is 12.8. The highest BCUT2D eigenvalue weighted by atomic mass is 16.5. The zero-order chi connectivity index (χ0) is 18.1. The van der Waals surface area contributed by atoms with Crippen LogP contribution < -0.4 is 0 Å². The second kappa shape index (κ2) is 6.97. The smallest absolute Gasteiger partial charge is 0.254 e. The number of methoxy groups -OCH3 is 1. The zero-order valence-corrected chi connectivity index (χ0v) is 14.9. The fraction of sp³-hybridized carbons (Fsp3) is 0.444. The quantitative estimate of drug-likeness (QED) is 0.704. The standard InChI is InChI=1S/C18H21N5O3/c1-12-19-17-16(23(12)7-8-25-2)14-11-13(3-4-15(14)20-21-17)18(24)22-5-9-26-10-6-22/h3-4,11H,5-10H2,1-2H3. The maximum Gasteiger partial charge on any atom is 0.254 e. The summed E-state index contributed by atoms with van der Waals surface area (Å²) in [6, 6.07) is 5.55. The molecule has 0 unspecified atom stereocenters. The van der Waals surface area contributed by atoms with Gasteiger partial charge in [-0.3, -0.25) is 4.79 Å². The van der Waals surface area contributed by atoms with E-state index in [0.717, 1.165) is 22.2 Å². The Hall–Kier alpha value is -2.58. The number of morpholine rings is 1. The average Bonchev–Trinajstić information content (AvgIpc) is 3.01. The number of fused-ring (bicyclic) bond motifs is 3. The lowest BCUT2D eigenvalue weighted by Crippen LogP contribution is -2.40. The highest BCUT2D eigenvalue weighted by Gasteiger charge is 2.20. The molecule has 0 radical (unpaired) electrons. The van der Waals surface area contributed by atoms with Crippen molar-refractivity contribution >= 4 is 28.0 Å². The molecular formula is C18H21N5O3. The van der Waals surface area contributed by atoms with Crippen molar-refractivity contribution in [1.29, 1.82) is 0 Å². The SMILES string of the molecule is COCCn1c(C)nc2nnc3ccc(C(=O)N4CCOCC4)cc3c21. The number of hydrogen-bond donors (Lipinski definition) is 0. The van der Waals surface area contributed by atoms with E-state index in [2.05, 4.69) is 19.7 Å². The summed E-state index contributed by atoms with van der Waals surface area (Å²) < 4.78 is 12.6. The monoisotopic (exact) mass is 355 g/mol. The van der Waals surface area contributed by atoms with Gasteiger partial charge in [0.05, 0.1) is 30.9 Å². The van der Waals surface area contributed by atoms with Gasteiger partial charge in [0.1, 0.15) is 5.82 Å². The van der Waals surface area contributed by atoms with Crippen LogP contribution in [0.3, 0.4) is 0 Å². The van der Waals surface area contributed by atoms with Crippen molar-refractivity contribution < 1.29 is 14.3 Å². The van der Waals surface area contributed by atoms with Crippen LogP contribution in [-0.4, -0.2) is 70.6 Å². The summed E-state index contributed by atoms with van der Waals surface area (Å²) in [6.07, 6.45) is 0. The third-order valence-electron chi connectivity index (χ3n) is 4.71. The fourth-order valence-corrected chi connectivity index (χ4v) is 3.34. The Morgan fingerprint density at radius 1 is 1.27 bits per heavy atom. The van der Waals surface area contributed by atoms with Crippen molar-refractivity contribution in [3.05, 3.63) is 29.6 Å². The maximum absolute atomic E-state index is 12.8. The summed E-state index contributed by atoms with van der Waals surface area (Å²) >= 11 is 0. The molecule has 0 saturated carbocycles. The van der Waals surface area contributed by atoms with E-state index in [4.69, 9.17) is 9.47 Å². The van der Waals surface area contributed by atoms with Gasteiger partial charge in [-0.05, 0) is 25.1 Å². The third-order valence-corrected chi connectivity index (χ3v) is 4.71. The predicted molar refractivity (Wildman–Crippen MR) is 96.2 cm³/mol. The molecule has 8 nitrogen and oxygen atoms in total. The van der Waals surface area contributed by atoms with Crippen LogP contribution in [0.2, 0.25) is 0 Å². The van der Waals surface area contributed by atoms with E-state index in [9.17, 15) is 4.79 Å². The first-order valence-electron chi connectivity index (χ1n) is 8.68. The molecule has 8 heteroatoms. The van der Waals surface area contributed by atoms with E-state index in [0.29, 0.717) is 50.7 Å². The van der Waals surface area contributed by atoms with Gasteiger partial charge in [0.15, 0.2) is 0 Å². The normalized spacial score (nSPS) is 15.1. The van der Waals surface area contributed by atoms with E-state index in [-0.39, 0.29) is 5.91 Å². The Balaban J connectivity index is 1.82. The Morgan fingerprint density at radius 2 is 2.08 bits per heavy atom. The molecule has 4 rings (SSSR count). The highest BCUT2D eigenvalue weighted by molar-refractivity contribution is 6.05. The van der Waals surface area contributed by atoms with Crippen molar-refractivity contribution in [1.82, 2.24) is 24.6 Å². The molecule has 3 heterocycles. The number of carbonyl (C=O) groups excluding carboxylic acids is 1. The van der Waals surface area contributed by atoms with Crippen molar-refractivity contribution in [2.24, 2.45) is 0 Å². The lowest BCUT2D eigenvalue weighted by molar-refractivity contribution is 0.0303. The summed E-state index contributed by atoms with van der Waals surface area (Å²) in [4.78, 5) is 19.2. The topological polar surface area (TPSA) is 82.4 Å². The number of ether oxygens (including phenoxy) is 2. The van der Waals surface area contributed by atoms with Crippen LogP contribution in [0.15, 0.2) is 18.2 Å². The third kappa shape index (κ3) is 2.91. The van der Waals surface area contributed by atoms with Crippen LogP contribution in [0.1, 0.15) is 16.2 Å². The van der Waals surface area contributed by atoms with Crippen molar-refractivity contribution in [2.75, 3.05) is 40.0 Å². The lowest BCUT2D eigenvalue weighted by atomic mass is 10.1. The number of hydrogen-bond acceptors (Lipinski definition) is 6. The van der Waals surface area contributed by atoms with Crippen LogP contribution in [0.5, 0.6) is 0 Å². The number of imidazole rings is 1. The van der Waals surface area contributed by atoms with Crippen LogP contribution >= 0.6 is 0 Å². The first kappa shape index (κ1) is 16.9. The van der Waals surface area contributed by atoms with E-state index < -0.39 is 0 Å². The minimum Gasteiger partial charge on any atom is -0.383 e. The largest absolute Gasteiger partial charge is 0.383 e. The predicted octanol–water partition coefficient (Wildman–Crippen LogP) is 1.41. The summed E-state index contributed by atoms with van der Waals surface area (Å²) in [6.45, 7) is 5.57. The Labute approximate surface area is 150 Å². The Kier molecular flexibility index (Phi) is 4.52. The van der Waals surface area contributed by atoms with Gasteiger partial charge < -0.3 is 18.9 Å². The Morgan fingerprint density at radius 3 is 2.85 bits per heavy atom. The summed E-state index contributed by atoms with van der Waals surface area (Å²) in [5, 5.41) is 9.36. The van der Waals surface area contributed by atoms with Crippen LogP contribution in [-0.2, 0) is 16.0 Å². The van der Waals surface area contributed by atoms with Gasteiger partial charge >= 0.3 is 0 Å². The van der Waals surface area contributed by atoms with Gasteiger partial charge in [-0.25, -0.2) is 4.98 Å². The minimum absolute atomic E-state index is 0.0137. The number of amides is 1. The molecule has 1 aliphatic rings. The lowest BCUT2D eigenvalue weighted by Gasteiger charge is -2.26. The van der Waals surface area contributed by atoms with Crippen LogP contribution in [0.4, 0.5) is 0 Å². The summed E-state index contributed by atoms with van der Waals surface area (Å²) in [5.74, 6) is 0.864. The van der Waals surface area contributed by atoms with Gasteiger partial charge in [0.25, 0.3) is 5.91 Å². The first-order chi connectivity index (χ1) is 12.7. The fourth-order valence-electron chi connectivity index (χ4n) is 3.34. The molecule has 1 saturated heterocycles. The summed E-state index contributed by atoms with van der Waals surface area (Å²) in [5.41, 5.74) is 2.86. The molecule has 3 aromatic rings. The summed E-state index contributed by atoms with van der Waals surface area (Å²) in [7, 11) is 1.67. The number of aryl methyl sites for hydroxylation is 1. The molecule has 0 spiro atoms. The molecule has 1 fully saturated rings. The van der Waals surface area contributed by atoms with Gasteiger partial charge in [0.2, 0.25) is 5.65 Å². The van der Waals surface area contributed by atoms with E-state index >= 15 is 0 Å². The molecule has 0 bridgehead atoms. The number of carbonyl (C=O) groups is 1. The van der Waals surface area contributed by atoms with Crippen LogP contribution in [0.25, 0.3) is 22.1 Å². The molecule has 26 heavy (non-hydrogen) atoms. The number of rotatable bonds is 4. The van der Waals surface area contributed by atoms with Crippen molar-refractivity contribution in [3.8, 4) is 0 Å². The first-order valence-corrected chi connectivity index (χ1v) is 8.68. The number of nitrogens with zero attached hydrogens (tertiary/aromatic N) is 5. The molecule has 0 atom stereocenters. The molecule has 1 aromatic carbocycles. The second-order valence-corrected chi connectivity index (χ2v) is 6.31. The molecular weight excluding hydrogens is 334 g/mol. The number of benzene rings is 1. The highest BCUT2D eigenvalue weighted by Crippen LogP contribution is 2.25. The van der Waals surface area contributed by atoms with E-state index in [1.165, 1.54) is 0 Å². The minimum atomic E-state index is 0.0137. The van der Waals surface area contributed by atoms with Gasteiger partial charge in [-0.2, -0.15) is 0 Å². The molecule has 0 aliphatic carbocycles. The van der Waals surface area contributed by atoms with Crippen molar-refractivity contribution in [2.45, 2.75) is 13.5 Å². The zero-order valence-electron chi connectivity index (χ0n) is 14.9. The van der Waals surface area contributed by atoms with E-state index in [1.807, 2.05) is 30.0 Å². The molecule has 136 valence electrons. The van der Waals surface area contributed by atoms with Crippen LogP contribution in [0, 0.1) is 6.92 Å². The van der Waals surface area contributed by atoms with Gasteiger partial charge in [0, 0.05) is 37.7 Å². The van der Waals surface area contributed by atoms with Gasteiger partial charge in [-0.1, -0.05) is 0 Å². The Bertz CT molecular complexity index is 962.